The second-order valence-corrected chi connectivity index (χ2v) is 7.68. The Morgan fingerprint density at radius 1 is 1.07 bits per heavy atom. The van der Waals surface area contributed by atoms with E-state index in [0.717, 1.165) is 25.0 Å². The Morgan fingerprint density at radius 3 is 2.57 bits per heavy atom. The Kier molecular flexibility index (Phi) is 6.11. The molecule has 0 aliphatic carbocycles. The number of benzene rings is 2. The zero-order valence-electron chi connectivity index (χ0n) is 17.1. The number of nitrogens with zero attached hydrogens (tertiary/aromatic N) is 3. The molecule has 1 saturated heterocycles. The van der Waals surface area contributed by atoms with Crippen LogP contribution in [0.25, 0.3) is 11.1 Å². The Hall–Kier alpha value is -2.77. The van der Waals surface area contributed by atoms with Crippen molar-refractivity contribution in [3.8, 4) is 11.5 Å². The molecule has 1 fully saturated rings. The van der Waals surface area contributed by atoms with Gasteiger partial charge in [0.25, 0.3) is 5.91 Å². The highest BCUT2D eigenvalue weighted by molar-refractivity contribution is 6.31. The molecule has 0 spiro atoms. The molecule has 1 aromatic heterocycles. The zero-order valence-corrected chi connectivity index (χ0v) is 17.8. The molecular formula is C22H24ClN3O4. The zero-order chi connectivity index (χ0) is 21.1. The summed E-state index contributed by atoms with van der Waals surface area (Å²) >= 11 is 6.02. The van der Waals surface area contributed by atoms with Gasteiger partial charge >= 0.3 is 0 Å². The van der Waals surface area contributed by atoms with Crippen molar-refractivity contribution in [3.63, 3.8) is 0 Å². The lowest BCUT2D eigenvalue weighted by atomic mass is 10.1. The molecule has 0 N–H and O–H groups in total. The molecule has 7 nitrogen and oxygen atoms in total. The molecule has 0 atom stereocenters. The average Bonchev–Trinajstić information content (AvgIpc) is 3.00. The molecule has 0 saturated carbocycles. The standard InChI is InChI=1S/C22H24ClN3O4/c1-28-17-10-15(11-18(13-17)29-2)22(27)26-7-3-6-25(8-9-26)14-21-24-19-5-4-16(23)12-20(19)30-21/h4-5,10-13H,3,6-9,14H2,1-2H3. The largest absolute Gasteiger partial charge is 0.497 e. The van der Waals surface area contributed by atoms with Gasteiger partial charge in [0.2, 0.25) is 5.89 Å². The van der Waals surface area contributed by atoms with Crippen LogP contribution in [0.3, 0.4) is 0 Å². The van der Waals surface area contributed by atoms with Crippen molar-refractivity contribution in [2.45, 2.75) is 13.0 Å². The summed E-state index contributed by atoms with van der Waals surface area (Å²) in [4.78, 5) is 21.7. The van der Waals surface area contributed by atoms with Gasteiger partial charge in [-0.15, -0.1) is 0 Å². The van der Waals surface area contributed by atoms with E-state index in [1.165, 1.54) is 0 Å². The van der Waals surface area contributed by atoms with E-state index in [1.54, 1.807) is 44.6 Å². The van der Waals surface area contributed by atoms with Gasteiger partial charge in [-0.1, -0.05) is 11.6 Å². The van der Waals surface area contributed by atoms with Crippen molar-refractivity contribution < 1.29 is 18.7 Å². The number of aromatic nitrogens is 1. The van der Waals surface area contributed by atoms with Crippen LogP contribution in [0, 0.1) is 0 Å². The molecule has 0 unspecified atom stereocenters. The fourth-order valence-electron chi connectivity index (χ4n) is 3.65. The van der Waals surface area contributed by atoms with E-state index in [4.69, 9.17) is 25.5 Å². The summed E-state index contributed by atoms with van der Waals surface area (Å²) in [5, 5.41) is 0.628. The van der Waals surface area contributed by atoms with Crippen LogP contribution in [0.4, 0.5) is 0 Å². The van der Waals surface area contributed by atoms with Crippen molar-refractivity contribution in [1.29, 1.82) is 0 Å². The molecular weight excluding hydrogens is 406 g/mol. The van der Waals surface area contributed by atoms with E-state index in [-0.39, 0.29) is 5.91 Å². The van der Waals surface area contributed by atoms with Crippen LogP contribution in [0.15, 0.2) is 40.8 Å². The third kappa shape index (κ3) is 4.52. The summed E-state index contributed by atoms with van der Waals surface area (Å²) < 4.78 is 16.4. The Bertz CT molecular complexity index is 1030. The number of hydrogen-bond donors (Lipinski definition) is 0. The molecule has 3 aromatic rings. The SMILES string of the molecule is COc1cc(OC)cc(C(=O)N2CCCN(Cc3nc4ccc(Cl)cc4o3)CC2)c1. The molecule has 4 rings (SSSR count). The summed E-state index contributed by atoms with van der Waals surface area (Å²) in [5.74, 6) is 1.84. The van der Waals surface area contributed by atoms with Gasteiger partial charge < -0.3 is 18.8 Å². The van der Waals surface area contributed by atoms with Crippen LogP contribution < -0.4 is 9.47 Å². The van der Waals surface area contributed by atoms with Crippen LogP contribution in [-0.4, -0.2) is 61.1 Å². The maximum atomic E-state index is 13.1. The van der Waals surface area contributed by atoms with Gasteiger partial charge in [-0.25, -0.2) is 4.98 Å². The molecule has 30 heavy (non-hydrogen) atoms. The summed E-state index contributed by atoms with van der Waals surface area (Å²) in [6.07, 6.45) is 0.874. The lowest BCUT2D eigenvalue weighted by molar-refractivity contribution is 0.0760. The van der Waals surface area contributed by atoms with Crippen LogP contribution in [0.2, 0.25) is 5.02 Å². The molecule has 158 valence electrons. The minimum absolute atomic E-state index is 0.0226. The molecule has 8 heteroatoms. The quantitative estimate of drug-likeness (QED) is 0.613. The van der Waals surface area contributed by atoms with Gasteiger partial charge in [0.15, 0.2) is 5.58 Å². The number of halogens is 1. The van der Waals surface area contributed by atoms with E-state index in [1.807, 2.05) is 11.0 Å². The number of rotatable bonds is 5. The van der Waals surface area contributed by atoms with Crippen molar-refractivity contribution in [3.05, 3.63) is 52.9 Å². The Morgan fingerprint density at radius 2 is 1.83 bits per heavy atom. The maximum Gasteiger partial charge on any atom is 0.254 e. The van der Waals surface area contributed by atoms with Gasteiger partial charge in [-0.2, -0.15) is 0 Å². The highest BCUT2D eigenvalue weighted by Crippen LogP contribution is 2.24. The second-order valence-electron chi connectivity index (χ2n) is 7.24. The number of methoxy groups -OCH3 is 2. The van der Waals surface area contributed by atoms with E-state index in [9.17, 15) is 4.79 Å². The lowest BCUT2D eigenvalue weighted by Gasteiger charge is -2.22. The van der Waals surface area contributed by atoms with E-state index < -0.39 is 0 Å². The van der Waals surface area contributed by atoms with Crippen LogP contribution >= 0.6 is 11.6 Å². The Balaban J connectivity index is 1.42. The van der Waals surface area contributed by atoms with E-state index >= 15 is 0 Å². The monoisotopic (exact) mass is 429 g/mol. The third-order valence-corrected chi connectivity index (χ3v) is 5.46. The average molecular weight is 430 g/mol. The predicted molar refractivity (Wildman–Crippen MR) is 114 cm³/mol. The molecule has 2 heterocycles. The number of carbonyl (C=O) groups excluding carboxylic acids is 1. The minimum atomic E-state index is -0.0226. The number of hydrogen-bond acceptors (Lipinski definition) is 6. The van der Waals surface area contributed by atoms with E-state index in [0.29, 0.717) is 53.2 Å². The van der Waals surface area contributed by atoms with Crippen molar-refractivity contribution in [1.82, 2.24) is 14.8 Å². The van der Waals surface area contributed by atoms with Crippen molar-refractivity contribution in [2.75, 3.05) is 40.4 Å². The maximum absolute atomic E-state index is 13.1. The first kappa shape index (κ1) is 20.5. The third-order valence-electron chi connectivity index (χ3n) is 5.23. The molecule has 0 bridgehead atoms. The Labute approximate surface area is 180 Å². The molecule has 1 aliphatic rings. The first-order valence-corrected chi connectivity index (χ1v) is 10.2. The van der Waals surface area contributed by atoms with Gasteiger partial charge in [-0.05, 0) is 30.7 Å². The molecule has 0 radical (unpaired) electrons. The first-order valence-electron chi connectivity index (χ1n) is 9.85. The highest BCUT2D eigenvalue weighted by Gasteiger charge is 2.22. The number of amides is 1. The van der Waals surface area contributed by atoms with Gasteiger partial charge in [0.1, 0.15) is 17.0 Å². The van der Waals surface area contributed by atoms with Gasteiger partial charge in [-0.3, -0.25) is 9.69 Å². The predicted octanol–water partition coefficient (Wildman–Crippen LogP) is 3.85. The molecule has 2 aromatic carbocycles. The number of ether oxygens (including phenoxy) is 2. The lowest BCUT2D eigenvalue weighted by Crippen LogP contribution is -2.35. The first-order chi connectivity index (χ1) is 14.6. The smallest absolute Gasteiger partial charge is 0.254 e. The minimum Gasteiger partial charge on any atom is -0.497 e. The topological polar surface area (TPSA) is 68.0 Å². The number of fused-ring (bicyclic) bond motifs is 1. The summed E-state index contributed by atoms with van der Waals surface area (Å²) in [5.41, 5.74) is 2.06. The molecule has 1 amide bonds. The number of oxazole rings is 1. The number of carbonyl (C=O) groups is 1. The fraction of sp³-hybridized carbons (Fsp3) is 0.364. The summed E-state index contributed by atoms with van der Waals surface area (Å²) in [6, 6.07) is 10.7. The van der Waals surface area contributed by atoms with Gasteiger partial charge in [0.05, 0.1) is 20.8 Å². The highest BCUT2D eigenvalue weighted by atomic mass is 35.5. The summed E-state index contributed by atoms with van der Waals surface area (Å²) in [6.45, 7) is 3.53. The summed E-state index contributed by atoms with van der Waals surface area (Å²) in [7, 11) is 3.15. The van der Waals surface area contributed by atoms with Crippen LogP contribution in [0.5, 0.6) is 11.5 Å². The van der Waals surface area contributed by atoms with Gasteiger partial charge in [0, 0.05) is 48.9 Å². The second kappa shape index (κ2) is 8.93. The van der Waals surface area contributed by atoms with Crippen molar-refractivity contribution in [2.24, 2.45) is 0 Å². The van der Waals surface area contributed by atoms with Crippen molar-refractivity contribution >= 4 is 28.6 Å². The van der Waals surface area contributed by atoms with Crippen LogP contribution in [-0.2, 0) is 6.54 Å². The fourth-order valence-corrected chi connectivity index (χ4v) is 3.81. The normalized spacial score (nSPS) is 15.2. The molecule has 1 aliphatic heterocycles. The van der Waals surface area contributed by atoms with E-state index in [2.05, 4.69) is 9.88 Å². The van der Waals surface area contributed by atoms with Crippen LogP contribution in [0.1, 0.15) is 22.7 Å².